The molecule has 0 amide bonds. The van der Waals surface area contributed by atoms with Crippen molar-refractivity contribution in [3.05, 3.63) is 188 Å². The molecule has 6 nitrogen and oxygen atoms in total. The molecule has 12 rings (SSSR count). The van der Waals surface area contributed by atoms with E-state index in [0.29, 0.717) is 17.6 Å². The molecule has 0 unspecified atom stereocenters. The molecule has 0 radical (unpaired) electrons. The highest BCUT2D eigenvalue weighted by Crippen LogP contribution is 2.42. The van der Waals surface area contributed by atoms with Gasteiger partial charge in [-0.2, -0.15) is 9.97 Å². The average molecular weight is 730 g/mol. The topological polar surface area (TPSA) is 61.7 Å². The molecule has 0 spiro atoms. The molecular weight excluding hydrogens is 699 g/mol. The zero-order chi connectivity index (χ0) is 37.5. The number of para-hydroxylation sites is 3. The van der Waals surface area contributed by atoms with Crippen molar-refractivity contribution in [1.29, 1.82) is 0 Å². The Labute approximate surface area is 326 Å². The van der Waals surface area contributed by atoms with E-state index in [1.807, 2.05) is 30.3 Å². The lowest BCUT2D eigenvalue weighted by molar-refractivity contribution is 0.669. The van der Waals surface area contributed by atoms with Gasteiger partial charge in [-0.1, -0.05) is 133 Å². The number of fused-ring (bicyclic) bond motifs is 10. The summed E-state index contributed by atoms with van der Waals surface area (Å²) in [6.45, 7) is 0. The number of furan rings is 1. The Hall–Kier alpha value is -7.83. The van der Waals surface area contributed by atoms with Gasteiger partial charge in [0.25, 0.3) is 0 Å². The third-order valence-electron chi connectivity index (χ3n) is 11.2. The van der Waals surface area contributed by atoms with Gasteiger partial charge in [0.1, 0.15) is 11.2 Å². The van der Waals surface area contributed by atoms with Gasteiger partial charge in [0, 0.05) is 43.7 Å². The second-order valence-electron chi connectivity index (χ2n) is 14.4. The Balaban J connectivity index is 1.08. The maximum Gasteiger partial charge on any atom is 0.238 e. The highest BCUT2D eigenvalue weighted by Gasteiger charge is 2.21. The van der Waals surface area contributed by atoms with E-state index < -0.39 is 0 Å². The van der Waals surface area contributed by atoms with Gasteiger partial charge in [-0.15, -0.1) is 0 Å². The Morgan fingerprint density at radius 2 is 0.912 bits per heavy atom. The van der Waals surface area contributed by atoms with E-state index in [4.69, 9.17) is 19.4 Å². The molecule has 6 heteroatoms. The van der Waals surface area contributed by atoms with Gasteiger partial charge in [0.2, 0.25) is 5.95 Å². The maximum absolute atomic E-state index is 6.75. The molecule has 0 aliphatic heterocycles. The first kappa shape index (κ1) is 31.5. The average Bonchev–Trinajstić information content (AvgIpc) is 3.94. The van der Waals surface area contributed by atoms with Crippen LogP contribution < -0.4 is 0 Å². The van der Waals surface area contributed by atoms with Gasteiger partial charge >= 0.3 is 0 Å². The second-order valence-corrected chi connectivity index (χ2v) is 14.4. The number of hydrogen-bond donors (Lipinski definition) is 0. The summed E-state index contributed by atoms with van der Waals surface area (Å²) >= 11 is 0. The molecule has 0 N–H and O–H groups in total. The number of aromatic nitrogens is 5. The molecule has 266 valence electrons. The zero-order valence-corrected chi connectivity index (χ0v) is 30.5. The van der Waals surface area contributed by atoms with Crippen LogP contribution in [0.1, 0.15) is 0 Å². The highest BCUT2D eigenvalue weighted by molar-refractivity contribution is 6.24. The summed E-state index contributed by atoms with van der Waals surface area (Å²) in [6.07, 6.45) is 0. The number of nitrogens with zero attached hydrogens (tertiary/aromatic N) is 5. The third kappa shape index (κ3) is 4.87. The lowest BCUT2D eigenvalue weighted by atomic mass is 10.0. The minimum atomic E-state index is 0.560. The maximum atomic E-state index is 6.75. The summed E-state index contributed by atoms with van der Waals surface area (Å²) in [5.41, 5.74) is 11.1. The van der Waals surface area contributed by atoms with Crippen molar-refractivity contribution < 1.29 is 4.42 Å². The van der Waals surface area contributed by atoms with E-state index in [0.717, 1.165) is 71.6 Å². The van der Waals surface area contributed by atoms with E-state index in [1.165, 1.54) is 21.9 Å². The first-order chi connectivity index (χ1) is 28.3. The molecule has 8 aromatic carbocycles. The normalized spacial score (nSPS) is 11.9. The first-order valence-electron chi connectivity index (χ1n) is 19.1. The summed E-state index contributed by atoms with van der Waals surface area (Å²) in [5, 5.41) is 6.77. The second kappa shape index (κ2) is 12.3. The van der Waals surface area contributed by atoms with Crippen LogP contribution in [-0.2, 0) is 0 Å². The van der Waals surface area contributed by atoms with E-state index in [1.54, 1.807) is 0 Å². The molecular formula is C51H31N5O. The molecule has 0 aliphatic carbocycles. The molecule has 0 saturated carbocycles. The van der Waals surface area contributed by atoms with Crippen molar-refractivity contribution in [2.45, 2.75) is 0 Å². The molecule has 0 aliphatic rings. The van der Waals surface area contributed by atoms with Gasteiger partial charge in [-0.05, 0) is 65.7 Å². The molecule has 4 heterocycles. The summed E-state index contributed by atoms with van der Waals surface area (Å²) in [7, 11) is 0. The van der Waals surface area contributed by atoms with Crippen LogP contribution in [0.4, 0.5) is 0 Å². The van der Waals surface area contributed by atoms with Crippen molar-refractivity contribution in [3.63, 3.8) is 0 Å². The van der Waals surface area contributed by atoms with Crippen LogP contribution in [0.25, 0.3) is 111 Å². The summed E-state index contributed by atoms with van der Waals surface area (Å²) in [4.78, 5) is 15.4. The van der Waals surface area contributed by atoms with Crippen LogP contribution in [0, 0.1) is 0 Å². The predicted octanol–water partition coefficient (Wildman–Crippen LogP) is 13.0. The van der Waals surface area contributed by atoms with Crippen LogP contribution in [0.5, 0.6) is 0 Å². The molecule has 0 atom stereocenters. The van der Waals surface area contributed by atoms with E-state index in [2.05, 4.69) is 167 Å². The summed E-state index contributed by atoms with van der Waals surface area (Å²) in [5.74, 6) is 1.73. The quantitative estimate of drug-likeness (QED) is 0.177. The fourth-order valence-corrected chi connectivity index (χ4v) is 8.63. The van der Waals surface area contributed by atoms with Crippen LogP contribution in [0.15, 0.2) is 192 Å². The van der Waals surface area contributed by atoms with Gasteiger partial charge < -0.3 is 8.98 Å². The predicted molar refractivity (Wildman–Crippen MR) is 232 cm³/mol. The van der Waals surface area contributed by atoms with E-state index in [-0.39, 0.29) is 0 Å². The van der Waals surface area contributed by atoms with Crippen molar-refractivity contribution in [1.82, 2.24) is 24.1 Å². The number of rotatable bonds is 5. The smallest absolute Gasteiger partial charge is 0.238 e. The van der Waals surface area contributed by atoms with Crippen LogP contribution in [-0.4, -0.2) is 24.1 Å². The Bertz CT molecular complexity index is 3470. The molecule has 4 aromatic heterocycles. The van der Waals surface area contributed by atoms with Crippen LogP contribution in [0.3, 0.4) is 0 Å². The molecule has 12 aromatic rings. The lowest BCUT2D eigenvalue weighted by Crippen LogP contribution is -2.06. The number of benzene rings is 8. The summed E-state index contributed by atoms with van der Waals surface area (Å²) in [6, 6.07) is 65.5. The Morgan fingerprint density at radius 1 is 0.351 bits per heavy atom. The SMILES string of the molecule is c1ccc(-c2cccc(-n3c4ccccc4c4ccc5oc6cc(-c7nc(-c8ccccc8)nc(-n8c9ccccc9c9ccccc98)n7)ccc6c5c43)c2)cc1. The minimum absolute atomic E-state index is 0.560. The van der Waals surface area contributed by atoms with Gasteiger partial charge in [0.15, 0.2) is 11.6 Å². The third-order valence-corrected chi connectivity index (χ3v) is 11.2. The summed E-state index contributed by atoms with van der Waals surface area (Å²) < 4.78 is 11.3. The molecule has 0 fully saturated rings. The lowest BCUT2D eigenvalue weighted by Gasteiger charge is -2.11. The van der Waals surface area contributed by atoms with Crippen molar-refractivity contribution in [2.24, 2.45) is 0 Å². The fraction of sp³-hybridized carbons (Fsp3) is 0. The standard InChI is InChI=1S/C51H31N5O/c1-3-14-32(15-4-1)34-18-13-19-36(30-34)55-42-23-10-9-22-39(42)40-28-29-45-47(48(40)55)41-27-26-35(31-46(41)57-45)50-52-49(33-16-5-2-6-17-33)53-51(54-50)56-43-24-11-7-20-37(43)38-21-8-12-25-44(38)56/h1-31H. The first-order valence-corrected chi connectivity index (χ1v) is 19.1. The van der Waals surface area contributed by atoms with Crippen LogP contribution >= 0.6 is 0 Å². The Kier molecular flexibility index (Phi) is 6.83. The number of hydrogen-bond acceptors (Lipinski definition) is 4. The largest absolute Gasteiger partial charge is 0.456 e. The zero-order valence-electron chi connectivity index (χ0n) is 30.5. The Morgan fingerprint density at radius 3 is 1.61 bits per heavy atom. The van der Waals surface area contributed by atoms with Crippen molar-refractivity contribution >= 4 is 65.6 Å². The van der Waals surface area contributed by atoms with Gasteiger partial charge in [-0.25, -0.2) is 4.98 Å². The molecule has 0 bridgehead atoms. The van der Waals surface area contributed by atoms with Crippen molar-refractivity contribution in [3.8, 4) is 45.5 Å². The van der Waals surface area contributed by atoms with Gasteiger partial charge in [-0.3, -0.25) is 4.57 Å². The molecule has 0 saturated heterocycles. The monoisotopic (exact) mass is 729 g/mol. The van der Waals surface area contributed by atoms with E-state index in [9.17, 15) is 0 Å². The van der Waals surface area contributed by atoms with Gasteiger partial charge in [0.05, 0.1) is 27.5 Å². The van der Waals surface area contributed by atoms with Crippen LogP contribution in [0.2, 0.25) is 0 Å². The fourth-order valence-electron chi connectivity index (χ4n) is 8.63. The van der Waals surface area contributed by atoms with Crippen molar-refractivity contribution in [2.75, 3.05) is 0 Å². The highest BCUT2D eigenvalue weighted by atomic mass is 16.3. The van der Waals surface area contributed by atoms with E-state index >= 15 is 0 Å². The minimum Gasteiger partial charge on any atom is -0.456 e. The molecule has 57 heavy (non-hydrogen) atoms.